The van der Waals surface area contributed by atoms with Gasteiger partial charge in [-0.25, -0.2) is 0 Å². The molecule has 0 N–H and O–H groups in total. The average Bonchev–Trinajstić information content (AvgIpc) is 3.03. The van der Waals surface area contributed by atoms with Crippen molar-refractivity contribution in [3.05, 3.63) is 45.5 Å². The number of halogens is 2. The molecule has 1 aromatic carbocycles. The summed E-state index contributed by atoms with van der Waals surface area (Å²) >= 11 is 12.3. The summed E-state index contributed by atoms with van der Waals surface area (Å²) in [6.45, 7) is 1.87. The molecular weight excluding hydrogens is 333 g/mol. The molecule has 2 bridgehead atoms. The van der Waals surface area contributed by atoms with Crippen molar-refractivity contribution in [3.8, 4) is 0 Å². The van der Waals surface area contributed by atoms with E-state index in [0.717, 1.165) is 12.3 Å². The Morgan fingerprint density at radius 1 is 1.22 bits per heavy atom. The second-order valence-corrected chi connectivity index (χ2v) is 7.50. The molecule has 3 heterocycles. The molecule has 122 valence electrons. The Bertz CT molecular complexity index is 732. The summed E-state index contributed by atoms with van der Waals surface area (Å²) in [4.78, 5) is 7.02. The topological polar surface area (TPSA) is 42.2 Å². The fourth-order valence-corrected chi connectivity index (χ4v) is 4.64. The highest BCUT2D eigenvalue weighted by molar-refractivity contribution is 6.42. The molecule has 0 aliphatic carbocycles. The van der Waals surface area contributed by atoms with Crippen LogP contribution in [0, 0.1) is 6.92 Å². The van der Waals surface area contributed by atoms with Gasteiger partial charge in [0.1, 0.15) is 0 Å². The number of nitrogens with zero attached hydrogens (tertiary/aromatic N) is 3. The van der Waals surface area contributed by atoms with Crippen LogP contribution in [0.2, 0.25) is 10.0 Å². The van der Waals surface area contributed by atoms with Crippen molar-refractivity contribution in [1.29, 1.82) is 0 Å². The maximum absolute atomic E-state index is 6.25. The number of aryl methyl sites for hydroxylation is 1. The first kappa shape index (κ1) is 15.4. The molecule has 2 aliphatic heterocycles. The standard InChI is InChI=1S/C17H19Cl2N3O/c1-9-20-17(23-21-9)16-12(8-11-4-6-15(16)22(11)2)10-3-5-13(18)14(19)7-10/h3,5,7,11-12,15-16H,4,6,8H2,1-2H3/t11?,12-,15-,16-/m1/s1. The van der Waals surface area contributed by atoms with Crippen LogP contribution in [0.25, 0.3) is 0 Å². The summed E-state index contributed by atoms with van der Waals surface area (Å²) in [6, 6.07) is 7.01. The van der Waals surface area contributed by atoms with E-state index < -0.39 is 0 Å². The number of piperidine rings is 1. The van der Waals surface area contributed by atoms with Crippen LogP contribution in [0.15, 0.2) is 22.7 Å². The fourth-order valence-electron chi connectivity index (χ4n) is 4.34. The van der Waals surface area contributed by atoms with Crippen molar-refractivity contribution in [2.45, 2.75) is 50.1 Å². The third kappa shape index (κ3) is 2.57. The van der Waals surface area contributed by atoms with E-state index in [-0.39, 0.29) is 5.92 Å². The first-order valence-electron chi connectivity index (χ1n) is 8.01. The molecule has 0 spiro atoms. The average molecular weight is 352 g/mol. The van der Waals surface area contributed by atoms with Crippen LogP contribution in [-0.2, 0) is 0 Å². The zero-order chi connectivity index (χ0) is 16.1. The van der Waals surface area contributed by atoms with Crippen LogP contribution >= 0.6 is 23.2 Å². The summed E-state index contributed by atoms with van der Waals surface area (Å²) in [5.74, 6) is 1.97. The smallest absolute Gasteiger partial charge is 0.231 e. The van der Waals surface area contributed by atoms with Crippen LogP contribution in [-0.4, -0.2) is 34.2 Å². The molecule has 2 aromatic rings. The largest absolute Gasteiger partial charge is 0.339 e. The lowest BCUT2D eigenvalue weighted by molar-refractivity contribution is 0.120. The predicted octanol–water partition coefficient (Wildman–Crippen LogP) is 4.42. The van der Waals surface area contributed by atoms with Crippen molar-refractivity contribution >= 4 is 23.2 Å². The number of hydrogen-bond donors (Lipinski definition) is 0. The second kappa shape index (κ2) is 5.76. The molecule has 4 atom stereocenters. The number of benzene rings is 1. The molecule has 6 heteroatoms. The van der Waals surface area contributed by atoms with Crippen molar-refractivity contribution in [2.75, 3.05) is 7.05 Å². The summed E-state index contributed by atoms with van der Waals surface area (Å²) < 4.78 is 5.56. The molecule has 1 unspecified atom stereocenters. The molecule has 2 saturated heterocycles. The van der Waals surface area contributed by atoms with Gasteiger partial charge in [0.05, 0.1) is 16.0 Å². The Morgan fingerprint density at radius 3 is 2.74 bits per heavy atom. The Labute approximate surface area is 145 Å². The molecular formula is C17H19Cl2N3O. The Balaban J connectivity index is 1.77. The van der Waals surface area contributed by atoms with E-state index in [1.807, 2.05) is 19.1 Å². The predicted molar refractivity (Wildman–Crippen MR) is 90.2 cm³/mol. The summed E-state index contributed by atoms with van der Waals surface area (Å²) in [5, 5.41) is 5.21. The minimum Gasteiger partial charge on any atom is -0.339 e. The minimum absolute atomic E-state index is 0.206. The molecule has 2 fully saturated rings. The molecule has 4 nitrogen and oxygen atoms in total. The van der Waals surface area contributed by atoms with Gasteiger partial charge in [0.15, 0.2) is 5.82 Å². The maximum atomic E-state index is 6.25. The highest BCUT2D eigenvalue weighted by atomic mass is 35.5. The first-order valence-corrected chi connectivity index (χ1v) is 8.77. The lowest BCUT2D eigenvalue weighted by atomic mass is 9.76. The Hall–Kier alpha value is -1.10. The van der Waals surface area contributed by atoms with Crippen LogP contribution < -0.4 is 0 Å². The van der Waals surface area contributed by atoms with Crippen LogP contribution in [0.1, 0.15) is 48.4 Å². The van der Waals surface area contributed by atoms with Crippen molar-refractivity contribution in [3.63, 3.8) is 0 Å². The summed E-state index contributed by atoms with van der Waals surface area (Å²) in [7, 11) is 2.21. The SMILES string of the molecule is Cc1noc([C@@H]2[C@@H](c3ccc(Cl)c(Cl)c3)CC3CC[C@H]2N3C)n1. The maximum Gasteiger partial charge on any atom is 0.231 e. The van der Waals surface area contributed by atoms with Gasteiger partial charge in [-0.15, -0.1) is 0 Å². The third-order valence-electron chi connectivity index (χ3n) is 5.47. The van der Waals surface area contributed by atoms with Gasteiger partial charge >= 0.3 is 0 Å². The zero-order valence-corrected chi connectivity index (χ0v) is 14.7. The van der Waals surface area contributed by atoms with Crippen LogP contribution in [0.4, 0.5) is 0 Å². The van der Waals surface area contributed by atoms with E-state index in [0.29, 0.717) is 33.9 Å². The van der Waals surface area contributed by atoms with E-state index >= 15 is 0 Å². The van der Waals surface area contributed by atoms with Crippen molar-refractivity contribution in [1.82, 2.24) is 15.0 Å². The van der Waals surface area contributed by atoms with Gasteiger partial charge in [-0.1, -0.05) is 34.4 Å². The van der Waals surface area contributed by atoms with Crippen molar-refractivity contribution in [2.24, 2.45) is 0 Å². The molecule has 0 amide bonds. The minimum atomic E-state index is 0.206. The Kier molecular flexibility index (Phi) is 3.87. The lowest BCUT2D eigenvalue weighted by Crippen LogP contribution is -2.44. The van der Waals surface area contributed by atoms with Gasteiger partial charge in [-0.05, 0) is 56.8 Å². The highest BCUT2D eigenvalue weighted by Crippen LogP contribution is 2.50. The second-order valence-electron chi connectivity index (χ2n) is 6.69. The van der Waals surface area contributed by atoms with E-state index in [2.05, 4.69) is 28.2 Å². The van der Waals surface area contributed by atoms with Gasteiger partial charge in [0.2, 0.25) is 5.89 Å². The molecule has 0 saturated carbocycles. The quantitative estimate of drug-likeness (QED) is 0.802. The third-order valence-corrected chi connectivity index (χ3v) is 6.21. The number of rotatable bonds is 2. The van der Waals surface area contributed by atoms with Gasteiger partial charge in [0, 0.05) is 12.1 Å². The van der Waals surface area contributed by atoms with Crippen molar-refractivity contribution < 1.29 is 4.52 Å². The van der Waals surface area contributed by atoms with Gasteiger partial charge in [-0.2, -0.15) is 4.98 Å². The van der Waals surface area contributed by atoms with E-state index in [1.165, 1.54) is 18.4 Å². The summed E-state index contributed by atoms with van der Waals surface area (Å²) in [5.41, 5.74) is 1.21. The number of hydrogen-bond acceptors (Lipinski definition) is 4. The molecule has 0 radical (unpaired) electrons. The van der Waals surface area contributed by atoms with E-state index in [1.54, 1.807) is 0 Å². The van der Waals surface area contributed by atoms with Crippen LogP contribution in [0.5, 0.6) is 0 Å². The number of aromatic nitrogens is 2. The highest BCUT2D eigenvalue weighted by Gasteiger charge is 2.48. The molecule has 4 rings (SSSR count). The molecule has 23 heavy (non-hydrogen) atoms. The Morgan fingerprint density at radius 2 is 2.04 bits per heavy atom. The molecule has 1 aromatic heterocycles. The number of fused-ring (bicyclic) bond motifs is 2. The number of likely N-dealkylation sites (N-methyl/N-ethyl adjacent to an activating group) is 1. The monoisotopic (exact) mass is 351 g/mol. The lowest BCUT2D eigenvalue weighted by Gasteiger charge is -2.41. The molecule has 2 aliphatic rings. The summed E-state index contributed by atoms with van der Waals surface area (Å²) in [6.07, 6.45) is 3.48. The van der Waals surface area contributed by atoms with E-state index in [9.17, 15) is 0 Å². The first-order chi connectivity index (χ1) is 11.0. The van der Waals surface area contributed by atoms with E-state index in [4.69, 9.17) is 27.7 Å². The van der Waals surface area contributed by atoms with Gasteiger partial charge in [0.25, 0.3) is 0 Å². The van der Waals surface area contributed by atoms with Crippen LogP contribution in [0.3, 0.4) is 0 Å². The van der Waals surface area contributed by atoms with Gasteiger partial charge < -0.3 is 4.52 Å². The normalized spacial score (nSPS) is 30.8. The zero-order valence-electron chi connectivity index (χ0n) is 13.2. The van der Waals surface area contributed by atoms with Gasteiger partial charge in [-0.3, -0.25) is 4.90 Å². The fraction of sp³-hybridized carbons (Fsp3) is 0.529.